The number of ether oxygens (including phenoxy) is 1. The molecule has 0 saturated carbocycles. The minimum Gasteiger partial charge on any atom is -0.496 e. The monoisotopic (exact) mass is 382 g/mol. The SMILES string of the molecule is COc1ccccc1C(=O)NC(CCSC)C(=O)NC1CCSCC1. The van der Waals surface area contributed by atoms with Crippen molar-refractivity contribution >= 4 is 35.3 Å². The van der Waals surface area contributed by atoms with Crippen LogP contribution in [0.3, 0.4) is 0 Å². The average molecular weight is 383 g/mol. The Morgan fingerprint density at radius 1 is 1.32 bits per heavy atom. The fourth-order valence-electron chi connectivity index (χ4n) is 2.72. The lowest BCUT2D eigenvalue weighted by Crippen LogP contribution is -2.50. The third kappa shape index (κ3) is 6.15. The van der Waals surface area contributed by atoms with Gasteiger partial charge in [0.15, 0.2) is 0 Å². The zero-order valence-electron chi connectivity index (χ0n) is 14.7. The molecular formula is C18H26N2O3S2. The molecule has 1 fully saturated rings. The third-order valence-electron chi connectivity index (χ3n) is 4.15. The molecule has 1 aliphatic heterocycles. The van der Waals surface area contributed by atoms with Gasteiger partial charge in [-0.3, -0.25) is 9.59 Å². The normalized spacial score (nSPS) is 16.1. The summed E-state index contributed by atoms with van der Waals surface area (Å²) >= 11 is 3.59. The van der Waals surface area contributed by atoms with Crippen LogP contribution in [-0.4, -0.2) is 54.5 Å². The van der Waals surface area contributed by atoms with E-state index in [0.29, 0.717) is 17.7 Å². The predicted molar refractivity (Wildman–Crippen MR) is 106 cm³/mol. The second kappa shape index (κ2) is 10.6. The molecule has 2 N–H and O–H groups in total. The first-order valence-electron chi connectivity index (χ1n) is 8.46. The Balaban J connectivity index is 2.02. The van der Waals surface area contributed by atoms with Gasteiger partial charge in [0.25, 0.3) is 5.91 Å². The summed E-state index contributed by atoms with van der Waals surface area (Å²) in [7, 11) is 1.53. The van der Waals surface area contributed by atoms with Crippen LogP contribution in [0.25, 0.3) is 0 Å². The van der Waals surface area contributed by atoms with Crippen LogP contribution in [0.5, 0.6) is 5.75 Å². The van der Waals surface area contributed by atoms with Gasteiger partial charge in [-0.15, -0.1) is 0 Å². The van der Waals surface area contributed by atoms with Crippen LogP contribution in [0.2, 0.25) is 0 Å². The van der Waals surface area contributed by atoms with Crippen LogP contribution in [0.4, 0.5) is 0 Å². The van der Waals surface area contributed by atoms with Crippen molar-refractivity contribution in [3.8, 4) is 5.75 Å². The summed E-state index contributed by atoms with van der Waals surface area (Å²) in [6, 6.07) is 6.73. The van der Waals surface area contributed by atoms with Gasteiger partial charge in [-0.05, 0) is 54.9 Å². The summed E-state index contributed by atoms with van der Waals surface area (Å²) in [5.74, 6) is 3.10. The number of amides is 2. The molecule has 0 bridgehead atoms. The largest absolute Gasteiger partial charge is 0.496 e. The van der Waals surface area contributed by atoms with Crippen molar-refractivity contribution in [2.75, 3.05) is 30.6 Å². The number of carbonyl (C=O) groups excluding carboxylic acids is 2. The first-order valence-corrected chi connectivity index (χ1v) is 11.0. The molecule has 0 aliphatic carbocycles. The lowest BCUT2D eigenvalue weighted by Gasteiger charge is -2.26. The van der Waals surface area contributed by atoms with E-state index in [2.05, 4.69) is 10.6 Å². The van der Waals surface area contributed by atoms with Crippen LogP contribution in [-0.2, 0) is 4.79 Å². The third-order valence-corrected chi connectivity index (χ3v) is 5.84. The van der Waals surface area contributed by atoms with Crippen LogP contribution >= 0.6 is 23.5 Å². The van der Waals surface area contributed by atoms with E-state index in [1.54, 1.807) is 30.0 Å². The molecule has 1 aromatic rings. The van der Waals surface area contributed by atoms with Crippen LogP contribution in [0.15, 0.2) is 24.3 Å². The molecule has 25 heavy (non-hydrogen) atoms. The molecule has 0 aromatic heterocycles. The Morgan fingerprint density at radius 2 is 2.04 bits per heavy atom. The highest BCUT2D eigenvalue weighted by Gasteiger charge is 2.25. The fraction of sp³-hybridized carbons (Fsp3) is 0.556. The van der Waals surface area contributed by atoms with Crippen LogP contribution in [0, 0.1) is 0 Å². The molecule has 5 nitrogen and oxygen atoms in total. The van der Waals surface area contributed by atoms with E-state index >= 15 is 0 Å². The molecule has 1 atom stereocenters. The second-order valence-corrected chi connectivity index (χ2v) is 8.11. The molecule has 138 valence electrons. The fourth-order valence-corrected chi connectivity index (χ4v) is 4.29. The first kappa shape index (κ1) is 20.0. The number of nitrogens with one attached hydrogen (secondary N) is 2. The molecule has 2 rings (SSSR count). The van der Waals surface area contributed by atoms with Crippen molar-refractivity contribution in [2.45, 2.75) is 31.3 Å². The first-order chi connectivity index (χ1) is 12.2. The van der Waals surface area contributed by atoms with E-state index in [1.165, 1.54) is 7.11 Å². The number of hydrogen-bond donors (Lipinski definition) is 2. The van der Waals surface area contributed by atoms with Gasteiger partial charge in [-0.1, -0.05) is 12.1 Å². The maximum Gasteiger partial charge on any atom is 0.255 e. The Kier molecular flexibility index (Phi) is 8.48. The van der Waals surface area contributed by atoms with Crippen molar-refractivity contribution in [3.05, 3.63) is 29.8 Å². The zero-order chi connectivity index (χ0) is 18.1. The van der Waals surface area contributed by atoms with Crippen molar-refractivity contribution in [3.63, 3.8) is 0 Å². The van der Waals surface area contributed by atoms with Crippen molar-refractivity contribution < 1.29 is 14.3 Å². The Labute approximate surface area is 158 Å². The minimum absolute atomic E-state index is 0.0887. The molecule has 0 spiro atoms. The van der Waals surface area contributed by atoms with E-state index in [4.69, 9.17) is 4.74 Å². The van der Waals surface area contributed by atoms with Gasteiger partial charge in [0.05, 0.1) is 12.7 Å². The van der Waals surface area contributed by atoms with Gasteiger partial charge in [-0.2, -0.15) is 23.5 Å². The summed E-state index contributed by atoms with van der Waals surface area (Å²) in [4.78, 5) is 25.3. The number of carbonyl (C=O) groups is 2. The molecule has 1 saturated heterocycles. The van der Waals surface area contributed by atoms with Gasteiger partial charge < -0.3 is 15.4 Å². The highest BCUT2D eigenvalue weighted by atomic mass is 32.2. The number of methoxy groups -OCH3 is 1. The summed E-state index contributed by atoms with van der Waals surface area (Å²) in [5, 5.41) is 5.99. The quantitative estimate of drug-likeness (QED) is 0.723. The predicted octanol–water partition coefficient (Wildman–Crippen LogP) is 2.56. The molecule has 0 radical (unpaired) electrons. The lowest BCUT2D eigenvalue weighted by atomic mass is 10.1. The Morgan fingerprint density at radius 3 is 2.72 bits per heavy atom. The highest BCUT2D eigenvalue weighted by molar-refractivity contribution is 7.99. The maximum atomic E-state index is 12.7. The average Bonchev–Trinajstić information content (AvgIpc) is 2.65. The number of rotatable bonds is 8. The number of thioether (sulfide) groups is 2. The molecule has 1 heterocycles. The molecule has 1 unspecified atom stereocenters. The second-order valence-electron chi connectivity index (χ2n) is 5.90. The van der Waals surface area contributed by atoms with E-state index in [1.807, 2.05) is 24.1 Å². The minimum atomic E-state index is -0.528. The lowest BCUT2D eigenvalue weighted by molar-refractivity contribution is -0.123. The van der Waals surface area contributed by atoms with Gasteiger partial charge in [0, 0.05) is 6.04 Å². The van der Waals surface area contributed by atoms with E-state index in [9.17, 15) is 9.59 Å². The van der Waals surface area contributed by atoms with Gasteiger partial charge in [0.2, 0.25) is 5.91 Å². The van der Waals surface area contributed by atoms with Crippen molar-refractivity contribution in [2.24, 2.45) is 0 Å². The number of para-hydroxylation sites is 1. The number of benzene rings is 1. The molecule has 7 heteroatoms. The van der Waals surface area contributed by atoms with Crippen LogP contribution in [0.1, 0.15) is 29.6 Å². The summed E-state index contributed by atoms with van der Waals surface area (Å²) in [5.41, 5.74) is 0.445. The van der Waals surface area contributed by atoms with E-state index in [0.717, 1.165) is 30.1 Å². The number of hydrogen-bond acceptors (Lipinski definition) is 5. The molecular weight excluding hydrogens is 356 g/mol. The molecule has 2 amide bonds. The maximum absolute atomic E-state index is 12.7. The zero-order valence-corrected chi connectivity index (χ0v) is 16.4. The molecule has 1 aromatic carbocycles. The van der Waals surface area contributed by atoms with Gasteiger partial charge in [0.1, 0.15) is 11.8 Å². The van der Waals surface area contributed by atoms with Crippen molar-refractivity contribution in [1.29, 1.82) is 0 Å². The summed E-state index contributed by atoms with van der Waals surface area (Å²) in [6.07, 6.45) is 4.59. The van der Waals surface area contributed by atoms with Crippen molar-refractivity contribution in [1.82, 2.24) is 10.6 Å². The molecule has 1 aliphatic rings. The summed E-state index contributed by atoms with van der Waals surface area (Å²) < 4.78 is 5.24. The topological polar surface area (TPSA) is 67.4 Å². The standard InChI is InChI=1S/C18H26N2O3S2/c1-23-16-6-4-3-5-14(16)17(21)20-15(9-10-24-2)18(22)19-13-7-11-25-12-8-13/h3-6,13,15H,7-12H2,1-2H3,(H,19,22)(H,20,21). The highest BCUT2D eigenvalue weighted by Crippen LogP contribution is 2.19. The Bertz CT molecular complexity index is 577. The van der Waals surface area contributed by atoms with E-state index < -0.39 is 6.04 Å². The van der Waals surface area contributed by atoms with Gasteiger partial charge >= 0.3 is 0 Å². The van der Waals surface area contributed by atoms with Crippen LogP contribution < -0.4 is 15.4 Å². The smallest absolute Gasteiger partial charge is 0.255 e. The Hall–Kier alpha value is -1.34. The van der Waals surface area contributed by atoms with Gasteiger partial charge in [-0.25, -0.2) is 0 Å². The summed E-state index contributed by atoms with van der Waals surface area (Å²) in [6.45, 7) is 0. The van der Waals surface area contributed by atoms with E-state index in [-0.39, 0.29) is 17.9 Å².